The van der Waals surface area contributed by atoms with Crippen molar-refractivity contribution in [2.24, 2.45) is 0 Å². The highest BCUT2D eigenvalue weighted by atomic mass is 32.2. The highest BCUT2D eigenvalue weighted by Crippen LogP contribution is 2.20. The molecule has 0 saturated carbocycles. The minimum atomic E-state index is -3.48. The van der Waals surface area contributed by atoms with Crippen LogP contribution in [0, 0.1) is 11.3 Å². The Labute approximate surface area is 118 Å². The number of rotatable bonds is 3. The Balaban J connectivity index is 2.35. The predicted octanol–water partition coefficient (Wildman–Crippen LogP) is 3.26. The van der Waals surface area contributed by atoms with Gasteiger partial charge in [0.15, 0.2) is 9.84 Å². The quantitative estimate of drug-likeness (QED) is 0.812. The minimum absolute atomic E-state index is 0.232. The van der Waals surface area contributed by atoms with E-state index in [1.165, 1.54) is 6.08 Å². The van der Waals surface area contributed by atoms with Gasteiger partial charge in [0.1, 0.15) is 11.0 Å². The molecule has 0 amide bonds. The third kappa shape index (κ3) is 3.34. The van der Waals surface area contributed by atoms with Crippen LogP contribution in [0.25, 0.3) is 17.2 Å². The molecule has 0 aliphatic carbocycles. The van der Waals surface area contributed by atoms with E-state index < -0.39 is 9.84 Å². The van der Waals surface area contributed by atoms with Crippen LogP contribution < -0.4 is 0 Å². The van der Waals surface area contributed by atoms with Crippen molar-refractivity contribution in [3.05, 3.63) is 65.1 Å². The van der Waals surface area contributed by atoms with Crippen LogP contribution in [0.1, 0.15) is 5.56 Å². The predicted molar refractivity (Wildman–Crippen MR) is 80.3 cm³/mol. The molecule has 2 aromatic carbocycles. The fraction of sp³-hybridized carbons (Fsp3) is 0.0625. The third-order valence-electron chi connectivity index (χ3n) is 2.83. The number of benzene rings is 2. The lowest BCUT2D eigenvalue weighted by atomic mass is 10.0. The molecule has 2 rings (SSSR count). The SMILES string of the molecule is CS(=O)(=O)/C(C#N)=C/c1ccc(-c2ccccc2)cc1. The summed E-state index contributed by atoms with van der Waals surface area (Å²) in [4.78, 5) is -0.232. The standard InChI is InChI=1S/C16H13NO2S/c1-20(18,19)16(12-17)11-13-7-9-15(10-8-13)14-5-3-2-4-6-14/h2-11H,1H3/b16-11+. The molecular weight excluding hydrogens is 270 g/mol. The number of hydrogen-bond acceptors (Lipinski definition) is 3. The van der Waals surface area contributed by atoms with Crippen molar-refractivity contribution in [3.63, 3.8) is 0 Å². The van der Waals surface area contributed by atoms with E-state index in [-0.39, 0.29) is 4.91 Å². The maximum atomic E-state index is 11.4. The maximum Gasteiger partial charge on any atom is 0.185 e. The molecule has 0 aliphatic rings. The van der Waals surface area contributed by atoms with Gasteiger partial charge in [-0.05, 0) is 22.8 Å². The van der Waals surface area contributed by atoms with Crippen molar-refractivity contribution in [1.82, 2.24) is 0 Å². The summed E-state index contributed by atoms with van der Waals surface area (Å²) >= 11 is 0. The van der Waals surface area contributed by atoms with Gasteiger partial charge in [-0.15, -0.1) is 0 Å². The smallest absolute Gasteiger partial charge is 0.185 e. The van der Waals surface area contributed by atoms with Crippen molar-refractivity contribution in [1.29, 1.82) is 5.26 Å². The van der Waals surface area contributed by atoms with Gasteiger partial charge < -0.3 is 0 Å². The number of allylic oxidation sites excluding steroid dienone is 1. The molecule has 0 heterocycles. The lowest BCUT2D eigenvalue weighted by molar-refractivity contribution is 0.609. The molecular formula is C16H13NO2S. The first-order chi connectivity index (χ1) is 9.50. The molecule has 4 heteroatoms. The van der Waals surface area contributed by atoms with Crippen LogP contribution in [-0.2, 0) is 9.84 Å². The molecule has 0 unspecified atom stereocenters. The molecule has 0 saturated heterocycles. The zero-order valence-electron chi connectivity index (χ0n) is 10.9. The highest BCUT2D eigenvalue weighted by molar-refractivity contribution is 7.95. The van der Waals surface area contributed by atoms with E-state index in [9.17, 15) is 8.42 Å². The number of hydrogen-bond donors (Lipinski definition) is 0. The average molecular weight is 283 g/mol. The molecule has 0 fully saturated rings. The number of sulfone groups is 1. The van der Waals surface area contributed by atoms with E-state index in [4.69, 9.17) is 5.26 Å². The zero-order valence-corrected chi connectivity index (χ0v) is 11.8. The fourth-order valence-electron chi connectivity index (χ4n) is 1.78. The Morgan fingerprint density at radius 2 is 1.55 bits per heavy atom. The molecule has 0 bridgehead atoms. The van der Waals surface area contributed by atoms with E-state index in [0.29, 0.717) is 5.56 Å². The van der Waals surface area contributed by atoms with E-state index in [1.54, 1.807) is 18.2 Å². The van der Waals surface area contributed by atoms with Gasteiger partial charge in [0.05, 0.1) is 0 Å². The van der Waals surface area contributed by atoms with E-state index in [2.05, 4.69) is 0 Å². The monoisotopic (exact) mass is 283 g/mol. The Morgan fingerprint density at radius 1 is 1.00 bits per heavy atom. The van der Waals surface area contributed by atoms with Crippen LogP contribution in [0.15, 0.2) is 59.5 Å². The van der Waals surface area contributed by atoms with Crippen LogP contribution in [0.2, 0.25) is 0 Å². The Kier molecular flexibility index (Phi) is 4.02. The molecule has 2 aromatic rings. The summed E-state index contributed by atoms with van der Waals surface area (Å²) in [7, 11) is -3.48. The normalized spacial score (nSPS) is 11.9. The summed E-state index contributed by atoms with van der Waals surface area (Å²) in [6.45, 7) is 0. The van der Waals surface area contributed by atoms with E-state index in [0.717, 1.165) is 17.4 Å². The molecule has 0 radical (unpaired) electrons. The molecule has 100 valence electrons. The molecule has 0 spiro atoms. The van der Waals surface area contributed by atoms with Gasteiger partial charge in [-0.1, -0.05) is 54.6 Å². The fourth-order valence-corrected chi connectivity index (χ4v) is 2.29. The minimum Gasteiger partial charge on any atom is -0.223 e. The largest absolute Gasteiger partial charge is 0.223 e. The van der Waals surface area contributed by atoms with Crippen molar-refractivity contribution in [2.45, 2.75) is 0 Å². The van der Waals surface area contributed by atoms with Crippen molar-refractivity contribution in [2.75, 3.05) is 6.26 Å². The van der Waals surface area contributed by atoms with Gasteiger partial charge in [-0.2, -0.15) is 5.26 Å². The second kappa shape index (κ2) is 5.72. The molecule has 0 aliphatic heterocycles. The second-order valence-corrected chi connectivity index (χ2v) is 6.36. The lowest BCUT2D eigenvalue weighted by Crippen LogP contribution is -1.98. The van der Waals surface area contributed by atoms with Gasteiger partial charge in [0.25, 0.3) is 0 Å². The Morgan fingerprint density at radius 3 is 2.05 bits per heavy atom. The summed E-state index contributed by atoms with van der Waals surface area (Å²) in [5.74, 6) is 0. The van der Waals surface area contributed by atoms with Gasteiger partial charge in [-0.25, -0.2) is 8.42 Å². The molecule has 3 nitrogen and oxygen atoms in total. The second-order valence-electron chi connectivity index (χ2n) is 4.38. The third-order valence-corrected chi connectivity index (χ3v) is 3.83. The van der Waals surface area contributed by atoms with E-state index >= 15 is 0 Å². The summed E-state index contributed by atoms with van der Waals surface area (Å²) < 4.78 is 22.7. The topological polar surface area (TPSA) is 57.9 Å². The van der Waals surface area contributed by atoms with Gasteiger partial charge in [0.2, 0.25) is 0 Å². The van der Waals surface area contributed by atoms with Crippen molar-refractivity contribution >= 4 is 15.9 Å². The first-order valence-electron chi connectivity index (χ1n) is 5.98. The van der Waals surface area contributed by atoms with Crippen LogP contribution in [0.5, 0.6) is 0 Å². The molecule has 20 heavy (non-hydrogen) atoms. The first kappa shape index (κ1) is 14.0. The summed E-state index contributed by atoms with van der Waals surface area (Å²) in [5.41, 5.74) is 2.82. The summed E-state index contributed by atoms with van der Waals surface area (Å²) in [6, 6.07) is 19.0. The average Bonchev–Trinajstić information content (AvgIpc) is 2.45. The van der Waals surface area contributed by atoms with Crippen LogP contribution >= 0.6 is 0 Å². The number of nitrogens with zero attached hydrogens (tertiary/aromatic N) is 1. The summed E-state index contributed by atoms with van der Waals surface area (Å²) in [5, 5.41) is 8.86. The van der Waals surface area contributed by atoms with Crippen LogP contribution in [-0.4, -0.2) is 14.7 Å². The van der Waals surface area contributed by atoms with Gasteiger partial charge in [0, 0.05) is 6.26 Å². The van der Waals surface area contributed by atoms with Crippen molar-refractivity contribution < 1.29 is 8.42 Å². The van der Waals surface area contributed by atoms with Crippen LogP contribution in [0.4, 0.5) is 0 Å². The van der Waals surface area contributed by atoms with Crippen molar-refractivity contribution in [3.8, 4) is 17.2 Å². The molecule has 0 atom stereocenters. The lowest BCUT2D eigenvalue weighted by Gasteiger charge is -2.02. The summed E-state index contributed by atoms with van der Waals surface area (Å²) in [6.07, 6.45) is 2.41. The van der Waals surface area contributed by atoms with E-state index in [1.807, 2.05) is 42.5 Å². The first-order valence-corrected chi connectivity index (χ1v) is 7.87. The Bertz CT molecular complexity index is 767. The molecule has 0 N–H and O–H groups in total. The molecule has 0 aromatic heterocycles. The van der Waals surface area contributed by atoms with Crippen LogP contribution in [0.3, 0.4) is 0 Å². The number of nitriles is 1. The van der Waals surface area contributed by atoms with Gasteiger partial charge in [-0.3, -0.25) is 0 Å². The van der Waals surface area contributed by atoms with Gasteiger partial charge >= 0.3 is 0 Å². The zero-order chi connectivity index (χ0) is 14.6. The maximum absolute atomic E-state index is 11.4. The highest BCUT2D eigenvalue weighted by Gasteiger charge is 2.10. The Hall–Kier alpha value is -2.38.